The molecule has 0 bridgehead atoms. The Morgan fingerprint density at radius 2 is 1.58 bits per heavy atom. The SMILES string of the molecule is O=C1NCC(N2C(=O)c3ccccc3C2=O)C(=O)N1. The van der Waals surface area contributed by atoms with E-state index in [1.807, 2.05) is 5.32 Å². The summed E-state index contributed by atoms with van der Waals surface area (Å²) < 4.78 is 0. The van der Waals surface area contributed by atoms with E-state index in [9.17, 15) is 19.2 Å². The summed E-state index contributed by atoms with van der Waals surface area (Å²) in [7, 11) is 0. The Balaban J connectivity index is 1.96. The first kappa shape index (κ1) is 11.4. The normalized spacial score (nSPS) is 22.1. The maximum absolute atomic E-state index is 12.1. The minimum absolute atomic E-state index is 0.0733. The van der Waals surface area contributed by atoms with E-state index < -0.39 is 29.8 Å². The van der Waals surface area contributed by atoms with Crippen LogP contribution in [0.15, 0.2) is 24.3 Å². The molecule has 7 heteroatoms. The maximum atomic E-state index is 12.1. The second-order valence-corrected chi connectivity index (χ2v) is 4.24. The molecule has 0 saturated carbocycles. The molecule has 1 atom stereocenters. The van der Waals surface area contributed by atoms with Crippen molar-refractivity contribution in [1.29, 1.82) is 0 Å². The fourth-order valence-electron chi connectivity index (χ4n) is 2.22. The second-order valence-electron chi connectivity index (χ2n) is 4.24. The fourth-order valence-corrected chi connectivity index (χ4v) is 2.22. The smallest absolute Gasteiger partial charge is 0.321 e. The predicted octanol–water partition coefficient (Wildman–Crippen LogP) is -0.509. The third-order valence-corrected chi connectivity index (χ3v) is 3.13. The number of nitrogens with zero attached hydrogens (tertiary/aromatic N) is 1. The van der Waals surface area contributed by atoms with Crippen LogP contribution in [0.3, 0.4) is 0 Å². The number of benzene rings is 1. The van der Waals surface area contributed by atoms with Gasteiger partial charge in [-0.15, -0.1) is 0 Å². The third-order valence-electron chi connectivity index (χ3n) is 3.13. The van der Waals surface area contributed by atoms with Gasteiger partial charge in [0.05, 0.1) is 11.1 Å². The van der Waals surface area contributed by atoms with Crippen LogP contribution in [0.5, 0.6) is 0 Å². The van der Waals surface area contributed by atoms with Crippen molar-refractivity contribution in [3.63, 3.8) is 0 Å². The Morgan fingerprint density at radius 3 is 2.11 bits per heavy atom. The lowest BCUT2D eigenvalue weighted by Crippen LogP contribution is -2.62. The minimum atomic E-state index is -1.01. The lowest BCUT2D eigenvalue weighted by molar-refractivity contribution is -0.124. The first-order valence-electron chi connectivity index (χ1n) is 5.65. The largest absolute Gasteiger partial charge is 0.335 e. The number of carbonyl (C=O) groups is 4. The standard InChI is InChI=1S/C12H9N3O4/c16-9-8(5-13-12(19)14-9)15-10(17)6-3-1-2-4-7(6)11(15)18/h1-4,8H,5H2,(H2,13,14,16,19). The molecule has 2 N–H and O–H groups in total. The molecule has 19 heavy (non-hydrogen) atoms. The molecule has 5 amide bonds. The molecule has 0 aromatic heterocycles. The van der Waals surface area contributed by atoms with Crippen molar-refractivity contribution in [3.8, 4) is 0 Å². The Hall–Kier alpha value is -2.70. The van der Waals surface area contributed by atoms with Crippen molar-refractivity contribution in [3.05, 3.63) is 35.4 Å². The zero-order valence-corrected chi connectivity index (χ0v) is 9.67. The second kappa shape index (κ2) is 3.91. The number of imide groups is 2. The van der Waals surface area contributed by atoms with Crippen LogP contribution in [0.25, 0.3) is 0 Å². The third kappa shape index (κ3) is 1.59. The molecule has 1 fully saturated rings. The van der Waals surface area contributed by atoms with E-state index in [4.69, 9.17) is 0 Å². The molecule has 96 valence electrons. The minimum Gasteiger partial charge on any atom is -0.335 e. The summed E-state index contributed by atoms with van der Waals surface area (Å²) in [4.78, 5) is 47.9. The van der Waals surface area contributed by atoms with Gasteiger partial charge in [-0.3, -0.25) is 24.6 Å². The highest BCUT2D eigenvalue weighted by molar-refractivity contribution is 6.23. The Labute approximate surface area is 107 Å². The van der Waals surface area contributed by atoms with Crippen molar-refractivity contribution in [2.75, 3.05) is 6.54 Å². The van der Waals surface area contributed by atoms with Gasteiger partial charge in [-0.1, -0.05) is 12.1 Å². The van der Waals surface area contributed by atoms with Crippen LogP contribution < -0.4 is 10.6 Å². The van der Waals surface area contributed by atoms with E-state index in [-0.39, 0.29) is 17.7 Å². The van der Waals surface area contributed by atoms with Crippen LogP contribution in [0.4, 0.5) is 4.79 Å². The summed E-state index contributed by atoms with van der Waals surface area (Å²) in [6.07, 6.45) is 0. The number of carbonyl (C=O) groups excluding carboxylic acids is 4. The van der Waals surface area contributed by atoms with Crippen LogP contribution >= 0.6 is 0 Å². The van der Waals surface area contributed by atoms with Gasteiger partial charge < -0.3 is 5.32 Å². The lowest BCUT2D eigenvalue weighted by atomic mass is 10.1. The van der Waals surface area contributed by atoms with Gasteiger partial charge in [-0.25, -0.2) is 4.79 Å². The van der Waals surface area contributed by atoms with E-state index in [0.717, 1.165) is 4.90 Å². The van der Waals surface area contributed by atoms with Gasteiger partial charge in [0.25, 0.3) is 17.7 Å². The van der Waals surface area contributed by atoms with Crippen LogP contribution in [-0.4, -0.2) is 41.2 Å². The van der Waals surface area contributed by atoms with Gasteiger partial charge in [-0.05, 0) is 12.1 Å². The summed E-state index contributed by atoms with van der Waals surface area (Å²) >= 11 is 0. The molecular formula is C12H9N3O4. The number of nitrogens with one attached hydrogen (secondary N) is 2. The van der Waals surface area contributed by atoms with Crippen LogP contribution in [0.2, 0.25) is 0 Å². The van der Waals surface area contributed by atoms with E-state index in [1.165, 1.54) is 12.1 Å². The molecule has 3 rings (SSSR count). The molecule has 2 heterocycles. The summed E-state index contributed by atoms with van der Waals surface area (Å²) in [6.45, 7) is -0.0733. The van der Waals surface area contributed by atoms with Crippen LogP contribution in [0, 0.1) is 0 Å². The highest BCUT2D eigenvalue weighted by Gasteiger charge is 2.44. The Kier molecular flexibility index (Phi) is 2.34. The number of urea groups is 1. The number of fused-ring (bicyclic) bond motifs is 1. The molecule has 1 saturated heterocycles. The average molecular weight is 259 g/mol. The van der Waals surface area contributed by atoms with Gasteiger partial charge in [0.2, 0.25) is 0 Å². The van der Waals surface area contributed by atoms with Crippen molar-refractivity contribution in [1.82, 2.24) is 15.5 Å². The molecule has 7 nitrogen and oxygen atoms in total. The van der Waals surface area contributed by atoms with Crippen molar-refractivity contribution in [2.45, 2.75) is 6.04 Å². The van der Waals surface area contributed by atoms with Gasteiger partial charge in [-0.2, -0.15) is 0 Å². The molecule has 0 radical (unpaired) electrons. The van der Waals surface area contributed by atoms with Crippen LogP contribution in [-0.2, 0) is 4.79 Å². The highest BCUT2D eigenvalue weighted by Crippen LogP contribution is 2.24. The van der Waals surface area contributed by atoms with Gasteiger partial charge in [0, 0.05) is 6.54 Å². The predicted molar refractivity (Wildman–Crippen MR) is 62.3 cm³/mol. The number of hydrogen-bond donors (Lipinski definition) is 2. The quantitative estimate of drug-likeness (QED) is 0.664. The molecule has 1 unspecified atom stereocenters. The number of amides is 5. The Morgan fingerprint density at radius 1 is 1.00 bits per heavy atom. The van der Waals surface area contributed by atoms with Crippen molar-refractivity contribution < 1.29 is 19.2 Å². The van der Waals surface area contributed by atoms with E-state index in [2.05, 4.69) is 5.32 Å². The molecule has 2 aliphatic heterocycles. The monoisotopic (exact) mass is 259 g/mol. The number of hydrogen-bond acceptors (Lipinski definition) is 4. The summed E-state index contributed by atoms with van der Waals surface area (Å²) in [5.74, 6) is -1.69. The van der Waals surface area contributed by atoms with Gasteiger partial charge in [0.1, 0.15) is 6.04 Å². The molecule has 2 aliphatic rings. The molecule has 1 aromatic rings. The van der Waals surface area contributed by atoms with Crippen molar-refractivity contribution in [2.24, 2.45) is 0 Å². The highest BCUT2D eigenvalue weighted by atomic mass is 16.2. The maximum Gasteiger partial charge on any atom is 0.321 e. The van der Waals surface area contributed by atoms with E-state index in [0.29, 0.717) is 0 Å². The lowest BCUT2D eigenvalue weighted by Gasteiger charge is -2.28. The zero-order chi connectivity index (χ0) is 13.6. The summed E-state index contributed by atoms with van der Waals surface area (Å²) in [5.41, 5.74) is 0.550. The molecular weight excluding hydrogens is 250 g/mol. The Bertz CT molecular complexity index is 590. The summed E-state index contributed by atoms with van der Waals surface area (Å²) in [6, 6.07) is 4.74. The average Bonchev–Trinajstić information content (AvgIpc) is 2.64. The zero-order valence-electron chi connectivity index (χ0n) is 9.67. The van der Waals surface area contributed by atoms with E-state index >= 15 is 0 Å². The first-order valence-corrected chi connectivity index (χ1v) is 5.65. The molecule has 1 aromatic carbocycles. The van der Waals surface area contributed by atoms with E-state index in [1.54, 1.807) is 12.1 Å². The van der Waals surface area contributed by atoms with Gasteiger partial charge >= 0.3 is 6.03 Å². The summed E-state index contributed by atoms with van der Waals surface area (Å²) in [5, 5.41) is 4.43. The van der Waals surface area contributed by atoms with Crippen molar-refractivity contribution >= 4 is 23.8 Å². The molecule has 0 aliphatic carbocycles. The fraction of sp³-hybridized carbons (Fsp3) is 0.167. The first-order chi connectivity index (χ1) is 9.09. The topological polar surface area (TPSA) is 95.6 Å². The molecule has 0 spiro atoms. The number of rotatable bonds is 1. The van der Waals surface area contributed by atoms with Crippen LogP contribution in [0.1, 0.15) is 20.7 Å². The van der Waals surface area contributed by atoms with Gasteiger partial charge in [0.15, 0.2) is 0 Å².